The number of amides is 1. The second kappa shape index (κ2) is 6.97. The van der Waals surface area contributed by atoms with E-state index < -0.39 is 0 Å². The van der Waals surface area contributed by atoms with Gasteiger partial charge in [-0.15, -0.1) is 22.7 Å². The van der Waals surface area contributed by atoms with Gasteiger partial charge < -0.3 is 5.32 Å². The fourth-order valence-electron chi connectivity index (χ4n) is 2.08. The van der Waals surface area contributed by atoms with Crippen LogP contribution in [0.1, 0.15) is 17.6 Å². The first-order valence-electron chi connectivity index (χ1n) is 7.08. The van der Waals surface area contributed by atoms with E-state index in [-0.39, 0.29) is 18.1 Å². The number of hydrogen-bond acceptors (Lipinski definition) is 5. The van der Waals surface area contributed by atoms with Crippen molar-refractivity contribution in [1.82, 2.24) is 9.97 Å². The molecule has 0 aliphatic rings. The Hall–Kier alpha value is -2.12. The molecule has 0 spiro atoms. The lowest BCUT2D eigenvalue weighted by atomic mass is 10.1. The summed E-state index contributed by atoms with van der Waals surface area (Å²) in [5.41, 5.74) is 3.85. The van der Waals surface area contributed by atoms with E-state index in [9.17, 15) is 9.18 Å². The first-order chi connectivity index (χ1) is 11.2. The lowest BCUT2D eigenvalue weighted by Gasteiger charge is -2.04. The molecule has 0 saturated heterocycles. The number of nitrogens with zero attached hydrogens (tertiary/aromatic N) is 2. The van der Waals surface area contributed by atoms with Gasteiger partial charge in [0.25, 0.3) is 0 Å². The SMILES string of the molecule is CCc1nc(CC(=O)Nc2scnc2-c2ccc(F)cc2)cs1. The number of carbonyl (C=O) groups is 1. The van der Waals surface area contributed by atoms with Crippen LogP contribution < -0.4 is 5.32 Å². The van der Waals surface area contributed by atoms with Crippen LogP contribution in [0.3, 0.4) is 0 Å². The van der Waals surface area contributed by atoms with Crippen molar-refractivity contribution < 1.29 is 9.18 Å². The second-order valence-corrected chi connectivity index (χ2v) is 6.65. The lowest BCUT2D eigenvalue weighted by molar-refractivity contribution is -0.115. The molecule has 0 fully saturated rings. The number of aromatic nitrogens is 2. The number of thiazole rings is 2. The van der Waals surface area contributed by atoms with Gasteiger partial charge in [0.15, 0.2) is 0 Å². The third-order valence-corrected chi connectivity index (χ3v) is 4.97. The Morgan fingerprint density at radius 1 is 1.26 bits per heavy atom. The van der Waals surface area contributed by atoms with E-state index in [4.69, 9.17) is 0 Å². The molecule has 0 unspecified atom stereocenters. The van der Waals surface area contributed by atoms with E-state index in [1.807, 2.05) is 12.3 Å². The minimum absolute atomic E-state index is 0.134. The quantitative estimate of drug-likeness (QED) is 0.754. The molecular weight excluding hydrogens is 333 g/mol. The van der Waals surface area contributed by atoms with Crippen LogP contribution in [0, 0.1) is 5.82 Å². The maximum absolute atomic E-state index is 13.0. The Kier molecular flexibility index (Phi) is 4.78. The molecule has 4 nitrogen and oxygen atoms in total. The highest BCUT2D eigenvalue weighted by Crippen LogP contribution is 2.30. The Labute approximate surface area is 141 Å². The van der Waals surface area contributed by atoms with Crippen LogP contribution in [-0.4, -0.2) is 15.9 Å². The largest absolute Gasteiger partial charge is 0.316 e. The molecule has 0 aliphatic carbocycles. The zero-order chi connectivity index (χ0) is 16.2. The minimum Gasteiger partial charge on any atom is -0.316 e. The molecule has 23 heavy (non-hydrogen) atoms. The van der Waals surface area contributed by atoms with Gasteiger partial charge >= 0.3 is 0 Å². The van der Waals surface area contributed by atoms with Gasteiger partial charge in [-0.1, -0.05) is 6.92 Å². The van der Waals surface area contributed by atoms with Gasteiger partial charge in [0.1, 0.15) is 16.5 Å². The summed E-state index contributed by atoms with van der Waals surface area (Å²) in [7, 11) is 0. The second-order valence-electron chi connectivity index (χ2n) is 4.85. The van der Waals surface area contributed by atoms with Crippen molar-refractivity contribution in [3.05, 3.63) is 51.7 Å². The molecule has 2 aromatic heterocycles. The molecule has 1 aromatic carbocycles. The van der Waals surface area contributed by atoms with Crippen LogP contribution in [0.15, 0.2) is 35.2 Å². The van der Waals surface area contributed by atoms with Crippen LogP contribution >= 0.6 is 22.7 Å². The topological polar surface area (TPSA) is 54.9 Å². The van der Waals surface area contributed by atoms with E-state index in [2.05, 4.69) is 15.3 Å². The van der Waals surface area contributed by atoms with Gasteiger partial charge in [0.2, 0.25) is 5.91 Å². The van der Waals surface area contributed by atoms with Crippen molar-refractivity contribution in [2.75, 3.05) is 5.32 Å². The molecule has 118 valence electrons. The first kappa shape index (κ1) is 15.8. The van der Waals surface area contributed by atoms with E-state index >= 15 is 0 Å². The smallest absolute Gasteiger partial charge is 0.231 e. The predicted octanol–water partition coefficient (Wildman–Crippen LogP) is 4.15. The monoisotopic (exact) mass is 347 g/mol. The number of anilines is 1. The van der Waals surface area contributed by atoms with Crippen LogP contribution in [0.25, 0.3) is 11.3 Å². The van der Waals surface area contributed by atoms with E-state index in [0.717, 1.165) is 22.7 Å². The molecule has 1 amide bonds. The fraction of sp³-hybridized carbons (Fsp3) is 0.188. The molecule has 3 aromatic rings. The van der Waals surface area contributed by atoms with Crippen molar-refractivity contribution in [3.63, 3.8) is 0 Å². The zero-order valence-corrected chi connectivity index (χ0v) is 14.0. The maximum atomic E-state index is 13.0. The molecule has 3 rings (SSSR count). The summed E-state index contributed by atoms with van der Waals surface area (Å²) < 4.78 is 13.0. The number of nitrogens with one attached hydrogen (secondary N) is 1. The third kappa shape index (κ3) is 3.80. The molecule has 1 N–H and O–H groups in total. The van der Waals surface area contributed by atoms with Gasteiger partial charge in [0.05, 0.1) is 22.6 Å². The summed E-state index contributed by atoms with van der Waals surface area (Å²) in [4.78, 5) is 20.8. The van der Waals surface area contributed by atoms with Crippen molar-refractivity contribution in [3.8, 4) is 11.3 Å². The third-order valence-electron chi connectivity index (χ3n) is 3.18. The van der Waals surface area contributed by atoms with Gasteiger partial charge in [-0.05, 0) is 30.7 Å². The lowest BCUT2D eigenvalue weighted by Crippen LogP contribution is -2.14. The maximum Gasteiger partial charge on any atom is 0.231 e. The molecule has 0 saturated carbocycles. The van der Waals surface area contributed by atoms with Crippen LogP contribution in [0.4, 0.5) is 9.39 Å². The molecular formula is C16H14FN3OS2. The Balaban J connectivity index is 1.72. The zero-order valence-electron chi connectivity index (χ0n) is 12.4. The van der Waals surface area contributed by atoms with E-state index in [0.29, 0.717) is 10.7 Å². The average Bonchev–Trinajstić information content (AvgIpc) is 3.17. The summed E-state index contributed by atoms with van der Waals surface area (Å²) in [6.07, 6.45) is 1.10. The fourth-order valence-corrected chi connectivity index (χ4v) is 3.54. The highest BCUT2D eigenvalue weighted by molar-refractivity contribution is 7.14. The molecule has 0 bridgehead atoms. The summed E-state index contributed by atoms with van der Waals surface area (Å²) in [5.74, 6) is -0.435. The first-order valence-corrected chi connectivity index (χ1v) is 8.84. The summed E-state index contributed by atoms with van der Waals surface area (Å²) in [6, 6.07) is 6.05. The number of benzene rings is 1. The van der Waals surface area contributed by atoms with Gasteiger partial charge in [-0.25, -0.2) is 14.4 Å². The van der Waals surface area contributed by atoms with Crippen LogP contribution in [-0.2, 0) is 17.6 Å². The number of halogens is 1. The number of hydrogen-bond donors (Lipinski definition) is 1. The average molecular weight is 347 g/mol. The number of rotatable bonds is 5. The predicted molar refractivity (Wildman–Crippen MR) is 91.3 cm³/mol. The van der Waals surface area contributed by atoms with Crippen LogP contribution in [0.2, 0.25) is 0 Å². The molecule has 0 radical (unpaired) electrons. The highest BCUT2D eigenvalue weighted by Gasteiger charge is 2.13. The molecule has 2 heterocycles. The van der Waals surface area contributed by atoms with Crippen LogP contribution in [0.5, 0.6) is 0 Å². The minimum atomic E-state index is -0.301. The summed E-state index contributed by atoms with van der Waals surface area (Å²) in [6.45, 7) is 2.04. The Bertz CT molecular complexity index is 811. The van der Waals surface area contributed by atoms with Gasteiger partial charge in [-0.3, -0.25) is 4.79 Å². The van der Waals surface area contributed by atoms with E-state index in [1.165, 1.54) is 23.5 Å². The van der Waals surface area contributed by atoms with Crippen molar-refractivity contribution in [2.24, 2.45) is 0 Å². The molecule has 7 heteroatoms. The van der Waals surface area contributed by atoms with Gasteiger partial charge in [0, 0.05) is 10.9 Å². The normalized spacial score (nSPS) is 10.7. The molecule has 0 aliphatic heterocycles. The number of carbonyl (C=O) groups excluding carboxylic acids is 1. The van der Waals surface area contributed by atoms with Crippen molar-refractivity contribution in [1.29, 1.82) is 0 Å². The summed E-state index contributed by atoms with van der Waals surface area (Å²) in [5, 5.41) is 6.46. The molecule has 0 atom stereocenters. The summed E-state index contributed by atoms with van der Waals surface area (Å²) >= 11 is 2.91. The highest BCUT2D eigenvalue weighted by atomic mass is 32.1. The van der Waals surface area contributed by atoms with Gasteiger partial charge in [-0.2, -0.15) is 0 Å². The Morgan fingerprint density at radius 2 is 2.04 bits per heavy atom. The standard InChI is InChI=1S/C16H14FN3OS2/c1-2-14-19-12(8-22-14)7-13(21)20-16-15(18-9-23-16)10-3-5-11(17)6-4-10/h3-6,8-9H,2,7H2,1H3,(H,20,21). The van der Waals surface area contributed by atoms with E-state index in [1.54, 1.807) is 29.0 Å². The number of aryl methyl sites for hydroxylation is 1. The van der Waals surface area contributed by atoms with Crippen molar-refractivity contribution >= 4 is 33.6 Å². The Morgan fingerprint density at radius 3 is 2.74 bits per heavy atom. The van der Waals surface area contributed by atoms with Crippen molar-refractivity contribution in [2.45, 2.75) is 19.8 Å².